The fraction of sp³-hybridized carbons (Fsp3) is 0.263. The number of halogens is 2. The summed E-state index contributed by atoms with van der Waals surface area (Å²) in [7, 11) is 1.27. The third-order valence-corrected chi connectivity index (χ3v) is 4.92. The predicted molar refractivity (Wildman–Crippen MR) is 96.4 cm³/mol. The number of hydrogen-bond acceptors (Lipinski definition) is 4. The summed E-state index contributed by atoms with van der Waals surface area (Å²) < 4.78 is 25.0. The molecule has 0 bridgehead atoms. The van der Waals surface area contributed by atoms with Crippen LogP contribution in [0.4, 0.5) is 4.39 Å². The third-order valence-electron chi connectivity index (χ3n) is 4.23. The van der Waals surface area contributed by atoms with Crippen LogP contribution in [-0.2, 0) is 9.53 Å². The van der Waals surface area contributed by atoms with E-state index >= 15 is 0 Å². The van der Waals surface area contributed by atoms with Crippen molar-refractivity contribution in [3.05, 3.63) is 64.4 Å². The van der Waals surface area contributed by atoms with Crippen molar-refractivity contribution in [1.82, 2.24) is 4.90 Å². The third kappa shape index (κ3) is 3.72. The molecule has 1 aliphatic heterocycles. The number of esters is 1. The Hall–Kier alpha value is -2.41. The maximum absolute atomic E-state index is 13.8. The maximum atomic E-state index is 13.8. The van der Waals surface area contributed by atoms with Crippen molar-refractivity contribution in [2.45, 2.75) is 18.6 Å². The van der Waals surface area contributed by atoms with E-state index in [0.717, 1.165) is 0 Å². The molecule has 0 spiro atoms. The lowest BCUT2D eigenvalue weighted by Crippen LogP contribution is -2.41. The van der Waals surface area contributed by atoms with Crippen LogP contribution in [0.15, 0.2) is 53.0 Å². The Balaban J connectivity index is 1.83. The van der Waals surface area contributed by atoms with Gasteiger partial charge in [0.05, 0.1) is 19.2 Å². The molecule has 0 radical (unpaired) electrons. The molecule has 1 saturated heterocycles. The number of rotatable bonds is 4. The Morgan fingerprint density at radius 2 is 1.85 bits per heavy atom. The maximum Gasteiger partial charge on any atom is 0.328 e. The van der Waals surface area contributed by atoms with Gasteiger partial charge < -0.3 is 14.4 Å². The zero-order valence-electron chi connectivity index (χ0n) is 14.0. The molecule has 0 N–H and O–H groups in total. The normalized spacial score (nSPS) is 19.3. The topological polar surface area (TPSA) is 55.8 Å². The zero-order chi connectivity index (χ0) is 18.7. The quantitative estimate of drug-likeness (QED) is 0.709. The van der Waals surface area contributed by atoms with Crippen LogP contribution in [0.3, 0.4) is 0 Å². The molecule has 2 atom stereocenters. The number of nitrogens with zero attached hydrogens (tertiary/aromatic N) is 1. The summed E-state index contributed by atoms with van der Waals surface area (Å²) >= 11 is 3.35. The van der Waals surface area contributed by atoms with Crippen molar-refractivity contribution in [1.29, 1.82) is 0 Å². The van der Waals surface area contributed by atoms with Gasteiger partial charge in [-0.15, -0.1) is 0 Å². The number of hydrogen-bond donors (Lipinski definition) is 0. The van der Waals surface area contributed by atoms with Crippen molar-refractivity contribution in [2.24, 2.45) is 0 Å². The van der Waals surface area contributed by atoms with E-state index in [1.165, 1.54) is 24.1 Å². The van der Waals surface area contributed by atoms with E-state index in [9.17, 15) is 14.0 Å². The van der Waals surface area contributed by atoms with E-state index in [-0.39, 0.29) is 24.6 Å². The number of para-hydroxylation sites is 1. The Bertz CT molecular complexity index is 829. The van der Waals surface area contributed by atoms with Gasteiger partial charge in [-0.2, -0.15) is 0 Å². The summed E-state index contributed by atoms with van der Waals surface area (Å²) in [6.45, 7) is 0.161. The van der Waals surface area contributed by atoms with E-state index in [1.54, 1.807) is 36.4 Å². The fourth-order valence-corrected chi connectivity index (χ4v) is 3.43. The molecule has 3 rings (SSSR count). The van der Waals surface area contributed by atoms with Crippen molar-refractivity contribution in [3.8, 4) is 5.75 Å². The highest BCUT2D eigenvalue weighted by molar-refractivity contribution is 9.10. The van der Waals surface area contributed by atoms with Gasteiger partial charge in [-0.25, -0.2) is 9.18 Å². The highest BCUT2D eigenvalue weighted by Crippen LogP contribution is 2.28. The van der Waals surface area contributed by atoms with Crippen molar-refractivity contribution in [2.75, 3.05) is 13.7 Å². The first-order chi connectivity index (χ1) is 12.5. The van der Waals surface area contributed by atoms with E-state index in [0.29, 0.717) is 10.0 Å². The van der Waals surface area contributed by atoms with E-state index in [4.69, 9.17) is 9.47 Å². The highest BCUT2D eigenvalue weighted by atomic mass is 79.9. The fourth-order valence-electron chi connectivity index (χ4n) is 2.98. The molecule has 0 unspecified atom stereocenters. The number of methoxy groups -OCH3 is 1. The first kappa shape index (κ1) is 18.4. The monoisotopic (exact) mass is 421 g/mol. The Morgan fingerprint density at radius 3 is 2.54 bits per heavy atom. The number of ether oxygens (including phenoxy) is 2. The molecule has 1 amide bonds. The SMILES string of the molecule is COC(=O)[C@H]1C[C@H](Oc2ccccc2F)CN1C(=O)c1ccccc1Br. The van der Waals surface area contributed by atoms with Crippen LogP contribution in [0.1, 0.15) is 16.8 Å². The number of carbonyl (C=O) groups excluding carboxylic acids is 2. The van der Waals surface area contributed by atoms with Crippen molar-refractivity contribution in [3.63, 3.8) is 0 Å². The molecule has 0 saturated carbocycles. The van der Waals surface area contributed by atoms with Crippen LogP contribution >= 0.6 is 15.9 Å². The highest BCUT2D eigenvalue weighted by Gasteiger charge is 2.42. The van der Waals surface area contributed by atoms with E-state index in [1.807, 2.05) is 0 Å². The molecule has 136 valence electrons. The summed E-state index contributed by atoms with van der Waals surface area (Å²) in [5.41, 5.74) is 0.438. The molecule has 1 fully saturated rings. The zero-order valence-corrected chi connectivity index (χ0v) is 15.6. The lowest BCUT2D eigenvalue weighted by atomic mass is 10.1. The second kappa shape index (κ2) is 7.86. The average molecular weight is 422 g/mol. The smallest absolute Gasteiger partial charge is 0.328 e. The molecule has 1 aliphatic rings. The Labute approximate surface area is 158 Å². The minimum absolute atomic E-state index is 0.0938. The molecule has 2 aromatic rings. The lowest BCUT2D eigenvalue weighted by molar-refractivity contribution is -0.145. The Morgan fingerprint density at radius 1 is 1.15 bits per heavy atom. The van der Waals surface area contributed by atoms with Crippen LogP contribution in [0.5, 0.6) is 5.75 Å². The summed E-state index contributed by atoms with van der Waals surface area (Å²) in [5, 5.41) is 0. The molecule has 5 nitrogen and oxygen atoms in total. The minimum atomic E-state index is -0.781. The van der Waals surface area contributed by atoms with E-state index < -0.39 is 23.9 Å². The summed E-state index contributed by atoms with van der Waals surface area (Å²) in [4.78, 5) is 26.5. The van der Waals surface area contributed by atoms with E-state index in [2.05, 4.69) is 15.9 Å². The van der Waals surface area contributed by atoms with Crippen LogP contribution in [0, 0.1) is 5.82 Å². The molecule has 26 heavy (non-hydrogen) atoms. The molecule has 1 heterocycles. The van der Waals surface area contributed by atoms with Gasteiger partial charge in [0.1, 0.15) is 12.1 Å². The molecular formula is C19H17BrFNO4. The van der Waals surface area contributed by atoms with Gasteiger partial charge in [0, 0.05) is 10.9 Å². The number of benzene rings is 2. The number of carbonyl (C=O) groups is 2. The Kier molecular flexibility index (Phi) is 5.56. The average Bonchev–Trinajstić information content (AvgIpc) is 3.07. The minimum Gasteiger partial charge on any atom is -0.485 e. The standard InChI is InChI=1S/C19H17BrFNO4/c1-25-19(24)16-10-12(26-17-9-5-4-8-15(17)21)11-22(16)18(23)13-6-2-3-7-14(13)20/h2-9,12,16H,10-11H2,1H3/t12-,16+/m0/s1. The van der Waals surface area contributed by atoms with Gasteiger partial charge in [0.25, 0.3) is 5.91 Å². The number of amides is 1. The largest absolute Gasteiger partial charge is 0.485 e. The van der Waals surface area contributed by atoms with Gasteiger partial charge >= 0.3 is 5.97 Å². The van der Waals surface area contributed by atoms with Gasteiger partial charge in [-0.05, 0) is 40.2 Å². The second-order valence-electron chi connectivity index (χ2n) is 5.88. The number of likely N-dealkylation sites (tertiary alicyclic amines) is 1. The van der Waals surface area contributed by atoms with Crippen LogP contribution < -0.4 is 4.74 Å². The molecule has 2 aromatic carbocycles. The van der Waals surface area contributed by atoms with Crippen molar-refractivity contribution < 1.29 is 23.5 Å². The predicted octanol–water partition coefficient (Wildman–Crippen LogP) is 3.42. The molecule has 0 aromatic heterocycles. The molecule has 0 aliphatic carbocycles. The molecular weight excluding hydrogens is 405 g/mol. The van der Waals surface area contributed by atoms with Gasteiger partial charge in [-0.1, -0.05) is 24.3 Å². The summed E-state index contributed by atoms with van der Waals surface area (Å²) in [6, 6.07) is 12.2. The van der Waals surface area contributed by atoms with Crippen LogP contribution in [0.2, 0.25) is 0 Å². The second-order valence-corrected chi connectivity index (χ2v) is 6.74. The lowest BCUT2D eigenvalue weighted by Gasteiger charge is -2.22. The van der Waals surface area contributed by atoms with Crippen molar-refractivity contribution >= 4 is 27.8 Å². The molecule has 7 heteroatoms. The van der Waals surface area contributed by atoms with Gasteiger partial charge in [-0.3, -0.25) is 4.79 Å². The summed E-state index contributed by atoms with van der Waals surface area (Å²) in [6.07, 6.45) is -0.278. The first-order valence-electron chi connectivity index (χ1n) is 8.05. The first-order valence-corrected chi connectivity index (χ1v) is 8.85. The van der Waals surface area contributed by atoms with Crippen LogP contribution in [0.25, 0.3) is 0 Å². The van der Waals surface area contributed by atoms with Gasteiger partial charge in [0.15, 0.2) is 11.6 Å². The van der Waals surface area contributed by atoms with Crippen LogP contribution in [-0.4, -0.2) is 42.6 Å². The summed E-state index contributed by atoms with van der Waals surface area (Å²) in [5.74, 6) is -1.23. The van der Waals surface area contributed by atoms with Gasteiger partial charge in [0.2, 0.25) is 0 Å².